The van der Waals surface area contributed by atoms with E-state index in [-0.39, 0.29) is 26.3 Å². The van der Waals surface area contributed by atoms with Gasteiger partial charge in [0.2, 0.25) is 0 Å². The van der Waals surface area contributed by atoms with Crippen LogP contribution in [0.15, 0.2) is 18.2 Å². The first-order valence-electron chi connectivity index (χ1n) is 11.2. The molecule has 2 aliphatic rings. The van der Waals surface area contributed by atoms with Crippen LogP contribution < -0.4 is 8.85 Å². The molecule has 0 aromatic heterocycles. The normalized spacial score (nSPS) is 23.7. The van der Waals surface area contributed by atoms with Crippen LogP contribution in [0.3, 0.4) is 0 Å². The van der Waals surface area contributed by atoms with Crippen LogP contribution in [0.5, 0.6) is 11.5 Å². The first-order chi connectivity index (χ1) is 13.3. The minimum atomic E-state index is -2.55. The zero-order valence-electron chi connectivity index (χ0n) is 21.1. The van der Waals surface area contributed by atoms with Crippen molar-refractivity contribution < 1.29 is 17.7 Å². The van der Waals surface area contributed by atoms with Gasteiger partial charge < -0.3 is 17.7 Å². The van der Waals surface area contributed by atoms with E-state index in [1.807, 2.05) is 0 Å². The first-order valence-corrected chi connectivity index (χ1v) is 14.8. The zero-order chi connectivity index (χ0) is 23.0. The predicted molar refractivity (Wildman–Crippen MR) is 128 cm³/mol. The number of hydrogen-bond acceptors (Lipinski definition) is 4. The lowest BCUT2D eigenvalue weighted by molar-refractivity contribution is 0.209. The molecule has 1 unspecified atom stereocenters. The highest BCUT2D eigenvalue weighted by molar-refractivity contribution is 6.75. The average Bonchev–Trinajstić information content (AvgIpc) is 3.15. The van der Waals surface area contributed by atoms with Crippen LogP contribution in [-0.4, -0.2) is 23.7 Å². The Morgan fingerprint density at radius 3 is 1.57 bits per heavy atom. The lowest BCUT2D eigenvalue weighted by Crippen LogP contribution is -2.59. The Bertz CT molecular complexity index is 778. The van der Waals surface area contributed by atoms with Crippen molar-refractivity contribution in [1.82, 2.24) is 0 Å². The molecule has 1 aromatic rings. The van der Waals surface area contributed by atoms with Gasteiger partial charge in [0.15, 0.2) is 0 Å². The molecule has 6 heteroatoms. The number of fused-ring (bicyclic) bond motifs is 1. The second-order valence-electron chi connectivity index (χ2n) is 13.1. The van der Waals surface area contributed by atoms with Gasteiger partial charge in [0, 0.05) is 20.2 Å². The summed E-state index contributed by atoms with van der Waals surface area (Å²) in [6.45, 7) is 27.5. The minimum Gasteiger partial charge on any atom is -0.508 e. The Balaban J connectivity index is 1.94. The lowest BCUT2D eigenvalue weighted by Gasteiger charge is -2.45. The molecule has 0 saturated carbocycles. The fraction of sp³-hybridized carbons (Fsp3) is 0.750. The van der Waals surface area contributed by atoms with E-state index in [9.17, 15) is 0 Å². The number of rotatable bonds is 1. The third kappa shape index (κ3) is 3.48. The summed E-state index contributed by atoms with van der Waals surface area (Å²) >= 11 is 0. The zero-order valence-corrected chi connectivity index (χ0v) is 23.1. The third-order valence-corrected chi connectivity index (χ3v) is 16.6. The first kappa shape index (κ1) is 23.8. The molecule has 2 heterocycles. The highest BCUT2D eigenvalue weighted by atomic mass is 28.4. The van der Waals surface area contributed by atoms with E-state index in [2.05, 4.69) is 101 Å². The highest BCUT2D eigenvalue weighted by Crippen LogP contribution is 2.59. The van der Waals surface area contributed by atoms with Gasteiger partial charge in [-0.2, -0.15) is 0 Å². The monoisotopic (exact) mass is 450 g/mol. The van der Waals surface area contributed by atoms with E-state index in [1.165, 1.54) is 0 Å². The molecule has 1 fully saturated rings. The maximum Gasteiger partial charge on any atom is 0.471 e. The molecular formula is C24H42O4Si2. The summed E-state index contributed by atoms with van der Waals surface area (Å²) in [4.78, 5) is 0. The van der Waals surface area contributed by atoms with E-state index in [4.69, 9.17) is 17.7 Å². The van der Waals surface area contributed by atoms with E-state index in [1.54, 1.807) is 0 Å². The fourth-order valence-corrected chi connectivity index (χ4v) is 14.8. The quantitative estimate of drug-likeness (QED) is 0.412. The van der Waals surface area contributed by atoms with Crippen LogP contribution in [0.1, 0.15) is 94.8 Å². The Hall–Kier alpha value is -0.826. The molecule has 0 radical (unpaired) electrons. The maximum atomic E-state index is 6.84. The molecule has 1 saturated heterocycles. The number of hydrogen-bond donors (Lipinski definition) is 0. The van der Waals surface area contributed by atoms with Crippen molar-refractivity contribution >= 4 is 17.1 Å². The molecule has 3 rings (SSSR count). The van der Waals surface area contributed by atoms with Crippen molar-refractivity contribution in [3.63, 3.8) is 0 Å². The molecular weight excluding hydrogens is 408 g/mol. The third-order valence-electron chi connectivity index (χ3n) is 6.54. The van der Waals surface area contributed by atoms with Gasteiger partial charge in [-0.3, -0.25) is 0 Å². The second kappa shape index (κ2) is 6.83. The van der Waals surface area contributed by atoms with Crippen LogP contribution in [-0.2, 0) is 8.85 Å². The summed E-state index contributed by atoms with van der Waals surface area (Å²) < 4.78 is 26.8. The summed E-state index contributed by atoms with van der Waals surface area (Å²) in [5, 5.41) is -0.149. The van der Waals surface area contributed by atoms with Crippen molar-refractivity contribution in [3.05, 3.63) is 23.8 Å². The topological polar surface area (TPSA) is 36.9 Å². The molecule has 170 valence electrons. The van der Waals surface area contributed by atoms with Crippen LogP contribution in [0, 0.1) is 0 Å². The summed E-state index contributed by atoms with van der Waals surface area (Å²) in [6, 6.07) is 6.32. The summed E-state index contributed by atoms with van der Waals surface area (Å²) in [5.74, 6) is 1.72. The molecule has 1 atom stereocenters. The van der Waals surface area contributed by atoms with Gasteiger partial charge >= 0.3 is 17.1 Å². The van der Waals surface area contributed by atoms with E-state index in [0.717, 1.165) is 17.1 Å². The van der Waals surface area contributed by atoms with Gasteiger partial charge in [-0.15, -0.1) is 0 Å². The molecule has 30 heavy (non-hydrogen) atoms. The molecule has 2 aliphatic heterocycles. The van der Waals surface area contributed by atoms with Crippen LogP contribution in [0.2, 0.25) is 20.2 Å². The second-order valence-corrected chi connectivity index (χ2v) is 22.5. The standard InChI is InChI=1S/C24H42O4Si2/c1-21(2,3)29(22(4,5)6)25-16-20(28-29)17-13-14-18-19(15-17)27-30(26-18,23(7,8)9)24(10,11)12/h13-15,20H,16H2,1-12H3. The summed E-state index contributed by atoms with van der Waals surface area (Å²) in [6.07, 6.45) is -0.0649. The van der Waals surface area contributed by atoms with Gasteiger partial charge in [0.05, 0.1) is 12.7 Å². The Labute approximate surface area is 186 Å². The largest absolute Gasteiger partial charge is 0.508 e. The van der Waals surface area contributed by atoms with Crippen LogP contribution >= 0.6 is 0 Å². The van der Waals surface area contributed by atoms with Gasteiger partial charge in [0.1, 0.15) is 11.5 Å². The van der Waals surface area contributed by atoms with Gasteiger partial charge in [-0.05, 0) is 17.7 Å². The predicted octanol–water partition coefficient (Wildman–Crippen LogP) is 7.63. The van der Waals surface area contributed by atoms with E-state index in [0.29, 0.717) is 6.61 Å². The van der Waals surface area contributed by atoms with Gasteiger partial charge in [-0.25, -0.2) is 0 Å². The maximum absolute atomic E-state index is 6.84. The van der Waals surface area contributed by atoms with Crippen LogP contribution in [0.4, 0.5) is 0 Å². The summed E-state index contributed by atoms with van der Waals surface area (Å²) in [5.41, 5.74) is 1.12. The molecule has 1 aromatic carbocycles. The molecule has 0 spiro atoms. The Morgan fingerprint density at radius 1 is 0.667 bits per heavy atom. The highest BCUT2D eigenvalue weighted by Gasteiger charge is 2.65. The van der Waals surface area contributed by atoms with Crippen molar-refractivity contribution in [2.75, 3.05) is 6.61 Å². The molecule has 4 nitrogen and oxygen atoms in total. The Morgan fingerprint density at radius 2 is 1.13 bits per heavy atom. The van der Waals surface area contributed by atoms with Gasteiger partial charge in [0.25, 0.3) is 0 Å². The fourth-order valence-electron chi connectivity index (χ4n) is 5.49. The van der Waals surface area contributed by atoms with Crippen molar-refractivity contribution in [3.8, 4) is 11.5 Å². The minimum absolute atomic E-state index is 0.0170. The number of benzene rings is 1. The summed E-state index contributed by atoms with van der Waals surface area (Å²) in [7, 11) is -5.01. The average molecular weight is 451 g/mol. The molecule has 0 bridgehead atoms. The van der Waals surface area contributed by atoms with Crippen molar-refractivity contribution in [1.29, 1.82) is 0 Å². The van der Waals surface area contributed by atoms with E-state index >= 15 is 0 Å². The Kier molecular flexibility index (Phi) is 5.43. The molecule has 0 amide bonds. The SMILES string of the molecule is CC(C)(C)[Si]1(C(C)(C)C)Oc2ccc(C3CO[Si](C(C)(C)C)(C(C)(C)C)O3)cc2O1. The van der Waals surface area contributed by atoms with Crippen molar-refractivity contribution in [2.24, 2.45) is 0 Å². The van der Waals surface area contributed by atoms with Crippen LogP contribution in [0.25, 0.3) is 0 Å². The smallest absolute Gasteiger partial charge is 0.471 e. The molecule has 0 N–H and O–H groups in total. The molecule has 0 aliphatic carbocycles. The van der Waals surface area contributed by atoms with Gasteiger partial charge in [-0.1, -0.05) is 89.2 Å². The van der Waals surface area contributed by atoms with Crippen molar-refractivity contribution in [2.45, 2.75) is 109 Å². The van der Waals surface area contributed by atoms with E-state index < -0.39 is 17.1 Å². The lowest BCUT2D eigenvalue weighted by atomic mass is 10.1.